The van der Waals surface area contributed by atoms with Gasteiger partial charge in [0.1, 0.15) is 5.70 Å². The summed E-state index contributed by atoms with van der Waals surface area (Å²) in [7, 11) is 5.98. The average molecular weight is 768 g/mol. The van der Waals surface area contributed by atoms with Crippen LogP contribution in [0.25, 0.3) is 0 Å². The Morgan fingerprint density at radius 3 is 2.51 bits per heavy atom. The molecule has 1 saturated heterocycles. The van der Waals surface area contributed by atoms with Crippen LogP contribution in [-0.2, 0) is 14.3 Å². The van der Waals surface area contributed by atoms with E-state index in [1.54, 1.807) is 32.4 Å². The highest BCUT2D eigenvalue weighted by atomic mass is 32.1. The van der Waals surface area contributed by atoms with Gasteiger partial charge < -0.3 is 34.1 Å². The first-order valence-corrected chi connectivity index (χ1v) is 18.3. The molecule has 16 nitrogen and oxygen atoms in total. The van der Waals surface area contributed by atoms with Crippen LogP contribution in [0, 0.1) is 0 Å². The zero-order valence-electron chi connectivity index (χ0n) is 30.2. The summed E-state index contributed by atoms with van der Waals surface area (Å²) in [5.41, 5.74) is 1.21. The van der Waals surface area contributed by atoms with Gasteiger partial charge in [0.2, 0.25) is 5.91 Å². The van der Waals surface area contributed by atoms with Gasteiger partial charge in [0.15, 0.2) is 28.0 Å². The largest absolute Gasteiger partial charge is 0.493 e. The number of nitrogens with zero attached hydrogens (tertiary/aromatic N) is 5. The number of nitrogens with one attached hydrogen (secondary N) is 2. The maximum absolute atomic E-state index is 13.1. The lowest BCUT2D eigenvalue weighted by Gasteiger charge is -2.20. The number of thiazole rings is 2. The molecule has 4 heterocycles. The lowest BCUT2D eigenvalue weighted by atomic mass is 10.1. The topological polar surface area (TPSA) is 191 Å². The number of allylic oxidation sites excluding steroid dienone is 1. The van der Waals surface area contributed by atoms with Crippen molar-refractivity contribution < 1.29 is 42.9 Å². The molecule has 1 unspecified atom stereocenters. The number of hydrogen-bond acceptors (Lipinski definition) is 15. The number of fused-ring (bicyclic) bond motifs is 2. The van der Waals surface area contributed by atoms with Crippen LogP contribution in [0.4, 0.5) is 10.8 Å². The van der Waals surface area contributed by atoms with Gasteiger partial charge in [0, 0.05) is 55.8 Å². The number of benzene rings is 1. The van der Waals surface area contributed by atoms with E-state index in [1.165, 1.54) is 36.0 Å². The number of anilines is 1. The summed E-state index contributed by atoms with van der Waals surface area (Å²) in [5.74, 6) is -1.68. The molecule has 1 aromatic carbocycles. The molecule has 0 radical (unpaired) electrons. The van der Waals surface area contributed by atoms with E-state index in [2.05, 4.69) is 36.9 Å². The van der Waals surface area contributed by atoms with Gasteiger partial charge in [-0.25, -0.2) is 14.6 Å². The number of carbonyl (C=O) groups is 5. The molecule has 0 spiro atoms. The van der Waals surface area contributed by atoms with Crippen LogP contribution >= 0.6 is 22.7 Å². The van der Waals surface area contributed by atoms with Gasteiger partial charge in [-0.1, -0.05) is 31.8 Å². The zero-order chi connectivity index (χ0) is 38.7. The van der Waals surface area contributed by atoms with Crippen LogP contribution in [0.1, 0.15) is 70.9 Å². The van der Waals surface area contributed by atoms with Crippen LogP contribution in [0.2, 0.25) is 0 Å². The summed E-state index contributed by atoms with van der Waals surface area (Å²) in [6, 6.07) is 3.30. The van der Waals surface area contributed by atoms with Crippen molar-refractivity contribution in [2.24, 2.45) is 4.99 Å². The van der Waals surface area contributed by atoms with Crippen molar-refractivity contribution in [3.8, 4) is 16.7 Å². The monoisotopic (exact) mass is 767 g/mol. The number of rotatable bonds is 14. The van der Waals surface area contributed by atoms with Crippen molar-refractivity contribution in [3.63, 3.8) is 0 Å². The van der Waals surface area contributed by atoms with Crippen LogP contribution in [0.15, 0.2) is 51.9 Å². The molecule has 1 atom stereocenters. The van der Waals surface area contributed by atoms with Crippen LogP contribution in [-0.4, -0.2) is 103 Å². The van der Waals surface area contributed by atoms with Crippen molar-refractivity contribution in [3.05, 3.63) is 63.9 Å². The maximum Gasteiger partial charge on any atom is 0.365 e. The zero-order valence-corrected chi connectivity index (χ0v) is 31.9. The molecule has 0 bridgehead atoms. The first-order valence-electron chi connectivity index (χ1n) is 16.6. The van der Waals surface area contributed by atoms with E-state index in [0.717, 1.165) is 35.5 Å². The summed E-state index contributed by atoms with van der Waals surface area (Å²) in [6.45, 7) is 8.73. The van der Waals surface area contributed by atoms with Gasteiger partial charge in [-0.05, 0) is 31.4 Å². The molecule has 0 aliphatic carbocycles. The third-order valence-electron chi connectivity index (χ3n) is 7.58. The second-order valence-electron chi connectivity index (χ2n) is 11.3. The summed E-state index contributed by atoms with van der Waals surface area (Å²) in [4.78, 5) is 78.8. The fourth-order valence-electron chi connectivity index (χ4n) is 5.10. The van der Waals surface area contributed by atoms with E-state index in [1.807, 2.05) is 18.7 Å². The van der Waals surface area contributed by atoms with Gasteiger partial charge >= 0.3 is 11.9 Å². The first kappa shape index (κ1) is 40.2. The van der Waals surface area contributed by atoms with Crippen molar-refractivity contribution in [2.75, 3.05) is 46.8 Å². The first-order chi connectivity index (χ1) is 25.5. The molecular formula is C35H41N7O9S2. The molecule has 3 amide bonds. The summed E-state index contributed by atoms with van der Waals surface area (Å²) >= 11 is 1.93. The van der Waals surface area contributed by atoms with E-state index in [4.69, 9.17) is 14.2 Å². The molecular weight excluding hydrogens is 727 g/mol. The number of likely N-dealkylation sites (N-methyl/N-ethyl adjacent to an activating group) is 1. The highest BCUT2D eigenvalue weighted by Crippen LogP contribution is 2.38. The number of aromatic nitrogens is 2. The smallest absolute Gasteiger partial charge is 0.365 e. The Labute approximate surface area is 314 Å². The molecule has 1 fully saturated rings. The van der Waals surface area contributed by atoms with E-state index < -0.39 is 17.8 Å². The Kier molecular flexibility index (Phi) is 14.2. The predicted molar refractivity (Wildman–Crippen MR) is 199 cm³/mol. The predicted octanol–water partition coefficient (Wildman–Crippen LogP) is 4.83. The highest BCUT2D eigenvalue weighted by molar-refractivity contribution is 7.14. The second-order valence-corrected chi connectivity index (χ2v) is 13.0. The molecule has 3 aromatic rings. The van der Waals surface area contributed by atoms with Gasteiger partial charge in [0.25, 0.3) is 17.0 Å². The van der Waals surface area contributed by atoms with E-state index in [-0.39, 0.29) is 64.0 Å². The minimum atomic E-state index is -0.828. The number of amides is 3. The van der Waals surface area contributed by atoms with E-state index in [0.29, 0.717) is 35.7 Å². The second kappa shape index (κ2) is 18.7. The van der Waals surface area contributed by atoms with Crippen molar-refractivity contribution in [1.29, 1.82) is 0 Å². The highest BCUT2D eigenvalue weighted by Gasteiger charge is 2.32. The Morgan fingerprint density at radius 2 is 1.79 bits per heavy atom. The molecule has 5 rings (SSSR count). The fourth-order valence-corrected chi connectivity index (χ4v) is 6.41. The van der Waals surface area contributed by atoms with Gasteiger partial charge in [0.05, 0.1) is 38.1 Å². The normalized spacial score (nSPS) is 14.5. The molecule has 2 aliphatic rings. The van der Waals surface area contributed by atoms with Crippen molar-refractivity contribution >= 4 is 69.4 Å². The number of methoxy groups -OCH3 is 2. The number of ether oxygens (including phenoxy) is 4. The summed E-state index contributed by atoms with van der Waals surface area (Å²) < 4.78 is 21.1. The summed E-state index contributed by atoms with van der Waals surface area (Å²) in [5, 5.41) is 8.12. The SMILES string of the molecule is C=C(/C=C(/C(=O)Nc1nc(C(=O)Oc2nc(C(=O)OC)cs2)cs1)N(C)C)NC(=O)CCCOc1cc2c(cc1OC)C(=O)N1CCCC1C=N2.CC. The molecule has 18 heteroatoms. The lowest BCUT2D eigenvalue weighted by Crippen LogP contribution is -2.35. The van der Waals surface area contributed by atoms with Gasteiger partial charge in [-0.3, -0.25) is 24.7 Å². The third-order valence-corrected chi connectivity index (χ3v) is 9.06. The Hall–Kier alpha value is -5.62. The minimum absolute atomic E-state index is 0.0000655. The van der Waals surface area contributed by atoms with Crippen LogP contribution in [0.5, 0.6) is 16.7 Å². The lowest BCUT2D eigenvalue weighted by molar-refractivity contribution is -0.120. The van der Waals surface area contributed by atoms with Crippen molar-refractivity contribution in [2.45, 2.75) is 45.6 Å². The molecule has 53 heavy (non-hydrogen) atoms. The third kappa shape index (κ3) is 10.3. The van der Waals surface area contributed by atoms with Gasteiger partial charge in [-0.2, -0.15) is 4.98 Å². The molecule has 2 aromatic heterocycles. The number of esters is 2. The molecule has 282 valence electrons. The fraction of sp³-hybridized carbons (Fsp3) is 0.371. The van der Waals surface area contributed by atoms with Crippen LogP contribution < -0.4 is 24.8 Å². The summed E-state index contributed by atoms with van der Waals surface area (Å²) in [6.07, 6.45) is 5.47. The standard InChI is InChI=1S/C33H35N7O9S2.C2H6/c1-18(12-24(39(2)3)28(42)38-32-36-23(16-50-32)31(45)49-33-37-22(17-51-33)30(44)47-5)35-27(41)9-7-11-48-26-14-21-20(13-25(26)46-4)29(43)40-10-6-8-19(40)15-34-21;1-2/h12-17,19H,1,6-11H2,2-5H3,(H,35,41)(H,36,38,42);1-2H3/b24-12-;. The molecule has 2 aliphatic heterocycles. The Balaban J connectivity index is 0.00000308. The quantitative estimate of drug-likeness (QED) is 0.0985. The van der Waals surface area contributed by atoms with Gasteiger partial charge in [-0.15, -0.1) is 11.3 Å². The number of aliphatic imine (C=N–C) groups is 1. The molecule has 2 N–H and O–H groups in total. The van der Waals surface area contributed by atoms with E-state index >= 15 is 0 Å². The Bertz CT molecular complexity index is 1920. The van der Waals surface area contributed by atoms with Crippen molar-refractivity contribution in [1.82, 2.24) is 25.1 Å². The Morgan fingerprint density at radius 1 is 1.06 bits per heavy atom. The average Bonchev–Trinajstić information content (AvgIpc) is 3.92. The van der Waals surface area contributed by atoms with E-state index in [9.17, 15) is 24.0 Å². The molecule has 0 saturated carbocycles. The number of hydrogen-bond donors (Lipinski definition) is 2. The number of carbonyl (C=O) groups excluding carboxylic acids is 5. The van der Waals surface area contributed by atoms with Crippen LogP contribution in [0.3, 0.4) is 0 Å². The maximum atomic E-state index is 13.1. The minimum Gasteiger partial charge on any atom is -0.493 e.